The third-order valence-electron chi connectivity index (χ3n) is 2.94. The third-order valence-corrected chi connectivity index (χ3v) is 2.94. The summed E-state index contributed by atoms with van der Waals surface area (Å²) in [5.41, 5.74) is 1.82. The summed E-state index contributed by atoms with van der Waals surface area (Å²) in [5, 5.41) is 12.8. The summed E-state index contributed by atoms with van der Waals surface area (Å²) in [4.78, 5) is 15.7. The van der Waals surface area contributed by atoms with E-state index in [1.54, 1.807) is 31.2 Å². The van der Waals surface area contributed by atoms with Crippen LogP contribution in [-0.2, 0) is 11.3 Å². The van der Waals surface area contributed by atoms with E-state index in [0.717, 1.165) is 5.56 Å². The molecule has 104 valence electrons. The van der Waals surface area contributed by atoms with E-state index in [1.165, 1.54) is 7.11 Å². The lowest BCUT2D eigenvalue weighted by molar-refractivity contribution is 0.0599. The Bertz CT molecular complexity index is 626. The van der Waals surface area contributed by atoms with Crippen LogP contribution in [0.3, 0.4) is 0 Å². The van der Waals surface area contributed by atoms with Gasteiger partial charge in [0.1, 0.15) is 11.6 Å². The van der Waals surface area contributed by atoms with Gasteiger partial charge in [-0.05, 0) is 25.1 Å². The van der Waals surface area contributed by atoms with Crippen molar-refractivity contribution < 1.29 is 14.6 Å². The fraction of sp³-hybridized carbons (Fsp3) is 0.200. The van der Waals surface area contributed by atoms with E-state index < -0.39 is 5.97 Å². The van der Waals surface area contributed by atoms with Gasteiger partial charge in [0.05, 0.1) is 18.4 Å². The van der Waals surface area contributed by atoms with Crippen LogP contribution in [0.25, 0.3) is 0 Å². The van der Waals surface area contributed by atoms with Crippen molar-refractivity contribution in [2.24, 2.45) is 0 Å². The number of carbonyl (C=O) groups excluding carboxylic acids is 1. The Kier molecular flexibility index (Phi) is 4.20. The molecule has 5 heteroatoms. The quantitative estimate of drug-likeness (QED) is 0.837. The van der Waals surface area contributed by atoms with Gasteiger partial charge in [0, 0.05) is 12.1 Å². The predicted molar refractivity (Wildman–Crippen MR) is 75.7 cm³/mol. The lowest BCUT2D eigenvalue weighted by Gasteiger charge is -2.09. The van der Waals surface area contributed by atoms with E-state index in [0.29, 0.717) is 23.6 Å². The second-order valence-electron chi connectivity index (χ2n) is 4.30. The van der Waals surface area contributed by atoms with E-state index in [4.69, 9.17) is 0 Å². The number of nitrogens with zero attached hydrogens (tertiary/aromatic N) is 1. The number of hydrogen-bond donors (Lipinski definition) is 2. The van der Waals surface area contributed by atoms with Crippen molar-refractivity contribution in [2.45, 2.75) is 13.5 Å². The highest BCUT2D eigenvalue weighted by molar-refractivity contribution is 5.90. The van der Waals surface area contributed by atoms with Crippen LogP contribution in [0.15, 0.2) is 36.4 Å². The Morgan fingerprint density at radius 3 is 2.70 bits per heavy atom. The summed E-state index contributed by atoms with van der Waals surface area (Å²) in [6.07, 6.45) is 0. The molecule has 0 unspecified atom stereocenters. The van der Waals surface area contributed by atoms with Crippen LogP contribution < -0.4 is 5.32 Å². The minimum absolute atomic E-state index is 0.239. The summed E-state index contributed by atoms with van der Waals surface area (Å²) < 4.78 is 4.67. The molecule has 0 spiro atoms. The Hall–Kier alpha value is -2.56. The predicted octanol–water partition coefficient (Wildman–Crippen LogP) is 2.49. The van der Waals surface area contributed by atoms with Crippen molar-refractivity contribution in [3.63, 3.8) is 0 Å². The Morgan fingerprint density at radius 1 is 1.30 bits per heavy atom. The fourth-order valence-electron chi connectivity index (χ4n) is 1.83. The molecule has 20 heavy (non-hydrogen) atoms. The van der Waals surface area contributed by atoms with Crippen LogP contribution in [0, 0.1) is 6.92 Å². The third kappa shape index (κ3) is 3.06. The first-order chi connectivity index (χ1) is 9.61. The van der Waals surface area contributed by atoms with Crippen molar-refractivity contribution in [1.29, 1.82) is 0 Å². The number of esters is 1. The lowest BCUT2D eigenvalue weighted by atomic mass is 10.2. The molecule has 0 bridgehead atoms. The Morgan fingerprint density at radius 2 is 2.05 bits per heavy atom. The van der Waals surface area contributed by atoms with Crippen LogP contribution in [-0.4, -0.2) is 23.2 Å². The lowest BCUT2D eigenvalue weighted by Crippen LogP contribution is -2.08. The number of para-hydroxylation sites is 1. The Labute approximate surface area is 117 Å². The summed E-state index contributed by atoms with van der Waals surface area (Å²) in [6.45, 7) is 2.20. The molecule has 0 radical (unpaired) electrons. The number of carbonyl (C=O) groups is 1. The van der Waals surface area contributed by atoms with Crippen molar-refractivity contribution in [3.8, 4) is 5.75 Å². The van der Waals surface area contributed by atoms with Crippen LogP contribution >= 0.6 is 0 Å². The smallest absolute Gasteiger partial charge is 0.339 e. The first-order valence-electron chi connectivity index (χ1n) is 6.18. The second kappa shape index (κ2) is 6.06. The summed E-state index contributed by atoms with van der Waals surface area (Å²) in [5.74, 6) is 0.476. The van der Waals surface area contributed by atoms with Gasteiger partial charge in [0.2, 0.25) is 0 Å². The molecule has 0 aliphatic heterocycles. The average molecular weight is 272 g/mol. The maximum absolute atomic E-state index is 11.5. The zero-order chi connectivity index (χ0) is 14.5. The van der Waals surface area contributed by atoms with Gasteiger partial charge in [0.25, 0.3) is 0 Å². The molecule has 0 saturated carbocycles. The van der Waals surface area contributed by atoms with E-state index >= 15 is 0 Å². The molecular formula is C15H16N2O3. The molecule has 1 aromatic carbocycles. The van der Waals surface area contributed by atoms with Gasteiger partial charge in [-0.2, -0.15) is 0 Å². The number of ether oxygens (including phenoxy) is 1. The highest BCUT2D eigenvalue weighted by Gasteiger charge is 2.10. The number of aryl methyl sites for hydroxylation is 1. The number of nitrogens with one attached hydrogen (secondary N) is 1. The number of methoxy groups -OCH3 is 1. The molecule has 1 aromatic heterocycles. The molecule has 5 nitrogen and oxygen atoms in total. The molecule has 2 N–H and O–H groups in total. The molecule has 0 fully saturated rings. The number of aromatic hydroxyl groups is 1. The topological polar surface area (TPSA) is 71.5 Å². The Balaban J connectivity index is 2.10. The zero-order valence-electron chi connectivity index (χ0n) is 11.4. The SMILES string of the molecule is COC(=O)c1ccc(NCc2ccccc2O)nc1C. The molecule has 0 aliphatic carbocycles. The monoisotopic (exact) mass is 272 g/mol. The van der Waals surface area contributed by atoms with Crippen LogP contribution in [0.1, 0.15) is 21.6 Å². The average Bonchev–Trinajstić information content (AvgIpc) is 2.46. The molecular weight excluding hydrogens is 256 g/mol. The van der Waals surface area contributed by atoms with Gasteiger partial charge in [0.15, 0.2) is 0 Å². The normalized spacial score (nSPS) is 10.1. The van der Waals surface area contributed by atoms with Crippen LogP contribution in [0.5, 0.6) is 5.75 Å². The van der Waals surface area contributed by atoms with E-state index in [9.17, 15) is 9.90 Å². The van der Waals surface area contributed by atoms with Gasteiger partial charge < -0.3 is 15.2 Å². The van der Waals surface area contributed by atoms with E-state index in [2.05, 4.69) is 15.0 Å². The fourth-order valence-corrected chi connectivity index (χ4v) is 1.83. The van der Waals surface area contributed by atoms with Crippen molar-refractivity contribution >= 4 is 11.8 Å². The van der Waals surface area contributed by atoms with Crippen LogP contribution in [0.4, 0.5) is 5.82 Å². The molecule has 0 saturated heterocycles. The molecule has 0 aliphatic rings. The van der Waals surface area contributed by atoms with Gasteiger partial charge in [-0.15, -0.1) is 0 Å². The number of hydrogen-bond acceptors (Lipinski definition) is 5. The number of pyridine rings is 1. The largest absolute Gasteiger partial charge is 0.508 e. The maximum Gasteiger partial charge on any atom is 0.339 e. The molecule has 0 atom stereocenters. The summed E-state index contributed by atoms with van der Waals surface area (Å²) in [6, 6.07) is 10.5. The molecule has 0 amide bonds. The standard InChI is InChI=1S/C15H16N2O3/c1-10-12(15(19)20-2)7-8-14(17-10)16-9-11-5-3-4-6-13(11)18/h3-8,18H,9H2,1-2H3,(H,16,17). The summed E-state index contributed by atoms with van der Waals surface area (Å²) in [7, 11) is 1.34. The van der Waals surface area contributed by atoms with Crippen LogP contribution in [0.2, 0.25) is 0 Å². The van der Waals surface area contributed by atoms with Gasteiger partial charge in [-0.25, -0.2) is 9.78 Å². The first kappa shape index (κ1) is 13.9. The number of phenols is 1. The minimum Gasteiger partial charge on any atom is -0.508 e. The minimum atomic E-state index is -0.401. The number of rotatable bonds is 4. The highest BCUT2D eigenvalue weighted by Crippen LogP contribution is 2.18. The van der Waals surface area contributed by atoms with Crippen molar-refractivity contribution in [1.82, 2.24) is 4.98 Å². The zero-order valence-corrected chi connectivity index (χ0v) is 11.4. The van der Waals surface area contributed by atoms with Gasteiger partial charge >= 0.3 is 5.97 Å². The number of phenolic OH excluding ortho intramolecular Hbond substituents is 1. The molecule has 2 rings (SSSR count). The second-order valence-corrected chi connectivity index (χ2v) is 4.30. The number of aromatic nitrogens is 1. The van der Waals surface area contributed by atoms with Crippen molar-refractivity contribution in [3.05, 3.63) is 53.2 Å². The summed E-state index contributed by atoms with van der Waals surface area (Å²) >= 11 is 0. The first-order valence-corrected chi connectivity index (χ1v) is 6.18. The highest BCUT2D eigenvalue weighted by atomic mass is 16.5. The van der Waals surface area contributed by atoms with E-state index in [-0.39, 0.29) is 5.75 Å². The van der Waals surface area contributed by atoms with Crippen molar-refractivity contribution in [2.75, 3.05) is 12.4 Å². The number of benzene rings is 1. The van der Waals surface area contributed by atoms with Gasteiger partial charge in [-0.3, -0.25) is 0 Å². The molecule has 2 aromatic rings. The number of anilines is 1. The maximum atomic E-state index is 11.5. The van der Waals surface area contributed by atoms with E-state index in [1.807, 2.05) is 12.1 Å². The molecule has 1 heterocycles. The van der Waals surface area contributed by atoms with Gasteiger partial charge in [-0.1, -0.05) is 18.2 Å².